The Morgan fingerprint density at radius 3 is 1.26 bits per heavy atom. The van der Waals surface area contributed by atoms with E-state index in [4.69, 9.17) is 0 Å². The van der Waals surface area contributed by atoms with Gasteiger partial charge in [0.05, 0.1) is 98.2 Å². The molecular weight excluding hydrogens is 729 g/mol. The van der Waals surface area contributed by atoms with Gasteiger partial charge in [-0.2, -0.15) is 86.9 Å². The summed E-state index contributed by atoms with van der Waals surface area (Å²) in [7, 11) is 0. The van der Waals surface area contributed by atoms with E-state index in [0.717, 1.165) is 0 Å². The molecule has 1 atom stereocenters. The first kappa shape index (κ1) is 38.7. The summed E-state index contributed by atoms with van der Waals surface area (Å²) in [6.45, 7) is 0. The summed E-state index contributed by atoms with van der Waals surface area (Å²) in [5.74, 6) is -2.36. The van der Waals surface area contributed by atoms with Crippen molar-refractivity contribution in [3.8, 4) is 54.6 Å². The lowest BCUT2D eigenvalue weighted by Gasteiger charge is -2.25. The molecule has 0 saturated heterocycles. The van der Waals surface area contributed by atoms with Gasteiger partial charge in [0.2, 0.25) is 0 Å². The second kappa shape index (κ2) is 13.9. The van der Waals surface area contributed by atoms with Crippen LogP contribution in [0.2, 0.25) is 0 Å². The van der Waals surface area contributed by atoms with E-state index in [9.17, 15) is 86.9 Å². The van der Waals surface area contributed by atoms with E-state index in [0.29, 0.717) is 30.3 Å². The van der Waals surface area contributed by atoms with Crippen LogP contribution in [0.1, 0.15) is 50.9 Å². The molecule has 18 heteroatoms. The molecule has 0 bridgehead atoms. The molecule has 1 unspecified atom stereocenters. The number of nitriles is 9. The Balaban J connectivity index is 2.41. The fourth-order valence-corrected chi connectivity index (χ4v) is 5.95. The van der Waals surface area contributed by atoms with Gasteiger partial charge in [0.15, 0.2) is 0 Å². The first-order chi connectivity index (χ1) is 25.3. The molecular formula is C36H8F9N9. The van der Waals surface area contributed by atoms with E-state index >= 15 is 0 Å². The van der Waals surface area contributed by atoms with Gasteiger partial charge in [-0.3, -0.25) is 0 Å². The maximum atomic E-state index is 14.6. The quantitative estimate of drug-likeness (QED) is 0.219. The molecule has 0 heterocycles. The van der Waals surface area contributed by atoms with E-state index in [-0.39, 0.29) is 0 Å². The first-order valence-electron chi connectivity index (χ1n) is 14.2. The minimum absolute atomic E-state index is 0.443. The Bertz CT molecular complexity index is 2510. The summed E-state index contributed by atoms with van der Waals surface area (Å²) in [5.41, 5.74) is -20.3. The molecule has 2 aromatic rings. The summed E-state index contributed by atoms with van der Waals surface area (Å²) in [6, 6.07) is 14.0. The van der Waals surface area contributed by atoms with E-state index < -0.39 is 126 Å². The van der Waals surface area contributed by atoms with Crippen molar-refractivity contribution >= 4 is 11.1 Å². The molecule has 2 aliphatic rings. The highest BCUT2D eigenvalue weighted by Crippen LogP contribution is 2.59. The maximum Gasteiger partial charge on any atom is 0.418 e. The van der Waals surface area contributed by atoms with Crippen molar-refractivity contribution in [2.45, 2.75) is 24.9 Å². The largest absolute Gasteiger partial charge is 0.418 e. The molecule has 0 aliphatic heterocycles. The number of rotatable bonds is 3. The molecule has 2 aliphatic carbocycles. The summed E-state index contributed by atoms with van der Waals surface area (Å²) >= 11 is 0. The van der Waals surface area contributed by atoms with Crippen molar-refractivity contribution in [1.29, 1.82) is 47.4 Å². The van der Waals surface area contributed by atoms with Gasteiger partial charge in [0, 0.05) is 44.9 Å². The van der Waals surface area contributed by atoms with Crippen LogP contribution in [0.3, 0.4) is 0 Å². The van der Waals surface area contributed by atoms with Crippen molar-refractivity contribution < 1.29 is 39.5 Å². The predicted octanol–water partition coefficient (Wildman–Crippen LogP) is 8.15. The summed E-state index contributed by atoms with van der Waals surface area (Å²) in [5, 5.41) is 88.1. The Hall–Kier alpha value is -8.08. The highest BCUT2D eigenvalue weighted by molar-refractivity contribution is 6.08. The van der Waals surface area contributed by atoms with Crippen molar-refractivity contribution in [3.05, 3.63) is 114 Å². The van der Waals surface area contributed by atoms with Crippen molar-refractivity contribution in [1.82, 2.24) is 0 Å². The van der Waals surface area contributed by atoms with Crippen molar-refractivity contribution in [2.75, 3.05) is 0 Å². The molecule has 2 aromatic carbocycles. The molecule has 0 N–H and O–H groups in total. The molecule has 0 spiro atoms. The maximum absolute atomic E-state index is 14.6. The first-order valence-corrected chi connectivity index (χ1v) is 14.2. The number of hydrogen-bond acceptors (Lipinski definition) is 9. The number of benzene rings is 2. The minimum Gasteiger partial charge on any atom is -0.193 e. The van der Waals surface area contributed by atoms with Crippen molar-refractivity contribution in [2.24, 2.45) is 5.92 Å². The second-order valence-electron chi connectivity index (χ2n) is 10.9. The summed E-state index contributed by atoms with van der Waals surface area (Å²) in [4.78, 5) is 0. The van der Waals surface area contributed by atoms with E-state index in [2.05, 4.69) is 0 Å². The molecule has 1 fully saturated rings. The highest BCUT2D eigenvalue weighted by Gasteiger charge is 2.51. The molecule has 0 amide bonds. The van der Waals surface area contributed by atoms with E-state index in [1.807, 2.05) is 0 Å². The number of allylic oxidation sites excluding steroid dienone is 10. The lowest BCUT2D eigenvalue weighted by Crippen LogP contribution is -2.26. The molecule has 1 saturated carbocycles. The average Bonchev–Trinajstić information content (AvgIpc) is 3.82. The summed E-state index contributed by atoms with van der Waals surface area (Å²) < 4.78 is 131. The number of hydrogen-bond donors (Lipinski definition) is 0. The third-order valence-electron chi connectivity index (χ3n) is 7.98. The van der Waals surface area contributed by atoms with Crippen LogP contribution in [0.15, 0.2) is 69.4 Å². The second-order valence-corrected chi connectivity index (χ2v) is 10.9. The Labute approximate surface area is 297 Å². The molecule has 54 heavy (non-hydrogen) atoms. The van der Waals surface area contributed by atoms with Crippen LogP contribution in [-0.4, -0.2) is 6.18 Å². The lowest BCUT2D eigenvalue weighted by atomic mass is 9.78. The van der Waals surface area contributed by atoms with Crippen LogP contribution >= 0.6 is 0 Å². The Kier molecular flexibility index (Phi) is 9.97. The smallest absolute Gasteiger partial charge is 0.193 e. The Morgan fingerprint density at radius 2 is 0.963 bits per heavy atom. The van der Waals surface area contributed by atoms with Gasteiger partial charge in [-0.05, 0) is 36.8 Å². The van der Waals surface area contributed by atoms with Crippen molar-refractivity contribution in [3.63, 3.8) is 0 Å². The van der Waals surface area contributed by atoms with E-state index in [1.54, 1.807) is 0 Å². The van der Waals surface area contributed by atoms with Gasteiger partial charge in [0.1, 0.15) is 12.1 Å². The zero-order valence-corrected chi connectivity index (χ0v) is 26.1. The molecule has 4 rings (SSSR count). The standard InChI is InChI=1S/C36H8F9N9/c37-34(38,39)31-19(10-49)1-16(7-46)4-22(31)25(13-52)28-29(26(14-53)23-5-17(8-47)2-20(11-50)32(23)35(40,41)42)30(28)27(15-54)24-6-18(9-48)3-21(12-51)33(24)36(43,44)45/h1-5,24H,6H2. The molecule has 260 valence electrons. The van der Waals surface area contributed by atoms with Gasteiger partial charge in [-0.15, -0.1) is 0 Å². The van der Waals surface area contributed by atoms with Gasteiger partial charge in [-0.1, -0.05) is 0 Å². The number of alkyl halides is 9. The number of nitrogens with zero attached hydrogens (tertiary/aromatic N) is 9. The zero-order valence-electron chi connectivity index (χ0n) is 26.1. The summed E-state index contributed by atoms with van der Waals surface area (Å²) in [6.07, 6.45) is -16.9. The number of halogens is 9. The van der Waals surface area contributed by atoms with Crippen LogP contribution in [0.5, 0.6) is 0 Å². The topological polar surface area (TPSA) is 214 Å². The van der Waals surface area contributed by atoms with Gasteiger partial charge >= 0.3 is 18.5 Å². The predicted molar refractivity (Wildman–Crippen MR) is 160 cm³/mol. The fourth-order valence-electron chi connectivity index (χ4n) is 5.95. The molecule has 9 nitrogen and oxygen atoms in total. The molecule has 0 radical (unpaired) electrons. The SMILES string of the molecule is N#CC1=CC(C#N)=C(C(F)(F)F)C(C(C#N)=C2C(=C(C#N)c3cc(C#N)cc(C#N)c3C(F)(F)F)C2=C(C#N)c2cc(C#N)cc(C#N)c2C(F)(F)F)C1. The zero-order chi connectivity index (χ0) is 40.5. The third kappa shape index (κ3) is 6.70. The van der Waals surface area contributed by atoms with Gasteiger partial charge < -0.3 is 0 Å². The van der Waals surface area contributed by atoms with Gasteiger partial charge in [-0.25, -0.2) is 0 Å². The van der Waals surface area contributed by atoms with Crippen LogP contribution < -0.4 is 0 Å². The minimum atomic E-state index is -5.51. The normalized spacial score (nSPS) is 17.0. The highest BCUT2D eigenvalue weighted by atomic mass is 19.4. The molecule has 0 aromatic heterocycles. The third-order valence-corrected chi connectivity index (χ3v) is 7.98. The van der Waals surface area contributed by atoms with Crippen LogP contribution in [0, 0.1) is 108 Å². The van der Waals surface area contributed by atoms with E-state index in [1.165, 1.54) is 54.6 Å². The monoisotopic (exact) mass is 737 g/mol. The Morgan fingerprint density at radius 1 is 0.519 bits per heavy atom. The van der Waals surface area contributed by atoms with Crippen LogP contribution in [0.25, 0.3) is 11.1 Å². The van der Waals surface area contributed by atoms with Gasteiger partial charge in [0.25, 0.3) is 0 Å². The lowest BCUT2D eigenvalue weighted by molar-refractivity contribution is -0.138. The fraction of sp³-hybridized carbons (Fsp3) is 0.139. The van der Waals surface area contributed by atoms with Crippen LogP contribution in [0.4, 0.5) is 39.5 Å². The average molecular weight is 738 g/mol. The van der Waals surface area contributed by atoms with Crippen LogP contribution in [-0.2, 0) is 12.4 Å².